The van der Waals surface area contributed by atoms with Gasteiger partial charge in [-0.05, 0) is 61.5 Å². The monoisotopic (exact) mass is 363 g/mol. The minimum absolute atomic E-state index is 0.0299. The number of amides is 1. The predicted octanol–water partition coefficient (Wildman–Crippen LogP) is 4.08. The highest BCUT2D eigenvalue weighted by atomic mass is 19.1. The molecule has 3 rings (SSSR count). The minimum Gasteiger partial charge on any atom is -0.323 e. The van der Waals surface area contributed by atoms with Gasteiger partial charge in [-0.15, -0.1) is 0 Å². The molecular weight excluding hydrogens is 345 g/mol. The third kappa shape index (κ3) is 4.36. The molecule has 0 fully saturated rings. The van der Waals surface area contributed by atoms with E-state index in [-0.39, 0.29) is 17.5 Å². The van der Waals surface area contributed by atoms with Gasteiger partial charge in [-0.1, -0.05) is 0 Å². The number of rotatable bonds is 5. The van der Waals surface area contributed by atoms with E-state index >= 15 is 0 Å². The molecule has 5 nitrogen and oxygen atoms in total. The molecule has 0 saturated carbocycles. The van der Waals surface area contributed by atoms with Crippen LogP contribution in [0, 0.1) is 5.82 Å². The molecule has 1 amide bonds. The van der Waals surface area contributed by atoms with Gasteiger partial charge in [-0.2, -0.15) is 5.10 Å². The van der Waals surface area contributed by atoms with E-state index in [0.29, 0.717) is 11.3 Å². The Kier molecular flexibility index (Phi) is 5.26. The van der Waals surface area contributed by atoms with Gasteiger partial charge in [0, 0.05) is 35.5 Å². The molecule has 0 bridgehead atoms. The lowest BCUT2D eigenvalue weighted by molar-refractivity contribution is -0.111. The van der Waals surface area contributed by atoms with Crippen LogP contribution in [0.3, 0.4) is 0 Å². The average molecular weight is 363 g/mol. The molecule has 0 aliphatic rings. The summed E-state index contributed by atoms with van der Waals surface area (Å²) in [7, 11) is 1.78. The fraction of sp³-hybridized carbons (Fsp3) is 0.0952. The van der Waals surface area contributed by atoms with Crippen molar-refractivity contribution in [2.75, 3.05) is 5.32 Å². The summed E-state index contributed by atoms with van der Waals surface area (Å²) >= 11 is 0. The number of aryl methyl sites for hydroxylation is 1. The normalized spacial score (nSPS) is 10.9. The Morgan fingerprint density at radius 1 is 1.07 bits per heavy atom. The zero-order valence-corrected chi connectivity index (χ0v) is 14.9. The van der Waals surface area contributed by atoms with Crippen LogP contribution in [0.15, 0.2) is 60.8 Å². The fourth-order valence-electron chi connectivity index (χ4n) is 2.68. The molecule has 1 aromatic heterocycles. The number of anilines is 1. The Labute approximate surface area is 156 Å². The van der Waals surface area contributed by atoms with Crippen LogP contribution in [0.1, 0.15) is 22.8 Å². The molecule has 0 unspecified atom stereocenters. The molecule has 1 N–H and O–H groups in total. The highest BCUT2D eigenvalue weighted by Crippen LogP contribution is 2.24. The molecule has 27 heavy (non-hydrogen) atoms. The molecule has 6 heteroatoms. The van der Waals surface area contributed by atoms with Crippen LogP contribution in [0.2, 0.25) is 0 Å². The van der Waals surface area contributed by atoms with Crippen LogP contribution in [-0.4, -0.2) is 21.5 Å². The maximum atomic E-state index is 13.2. The van der Waals surface area contributed by atoms with Gasteiger partial charge in [0.05, 0.1) is 11.9 Å². The summed E-state index contributed by atoms with van der Waals surface area (Å²) in [6, 6.07) is 12.8. The summed E-state index contributed by atoms with van der Waals surface area (Å²) in [5.41, 5.74) is 3.51. The molecule has 0 atom stereocenters. The van der Waals surface area contributed by atoms with Gasteiger partial charge in [-0.3, -0.25) is 14.3 Å². The van der Waals surface area contributed by atoms with E-state index in [1.54, 1.807) is 60.4 Å². The van der Waals surface area contributed by atoms with Gasteiger partial charge in [0.25, 0.3) is 0 Å². The highest BCUT2D eigenvalue weighted by molar-refractivity contribution is 6.02. The summed E-state index contributed by atoms with van der Waals surface area (Å²) in [5.74, 6) is -0.648. The second-order valence-corrected chi connectivity index (χ2v) is 6.04. The van der Waals surface area contributed by atoms with E-state index in [9.17, 15) is 14.0 Å². The third-order valence-corrected chi connectivity index (χ3v) is 4.06. The number of aromatic nitrogens is 2. The molecule has 0 saturated heterocycles. The van der Waals surface area contributed by atoms with E-state index in [1.807, 2.05) is 0 Å². The Bertz CT molecular complexity index is 1000. The van der Waals surface area contributed by atoms with Crippen molar-refractivity contribution in [3.05, 3.63) is 77.7 Å². The van der Waals surface area contributed by atoms with Gasteiger partial charge in [0.1, 0.15) is 5.82 Å². The van der Waals surface area contributed by atoms with Crippen molar-refractivity contribution in [2.24, 2.45) is 7.05 Å². The third-order valence-electron chi connectivity index (χ3n) is 4.06. The molecule has 1 heterocycles. The number of hydrogen-bond acceptors (Lipinski definition) is 3. The number of carbonyl (C=O) groups excluding carboxylic acids is 2. The number of benzene rings is 2. The second kappa shape index (κ2) is 7.78. The van der Waals surface area contributed by atoms with Crippen molar-refractivity contribution in [2.45, 2.75) is 6.92 Å². The Morgan fingerprint density at radius 2 is 1.74 bits per heavy atom. The van der Waals surface area contributed by atoms with Crippen molar-refractivity contribution < 1.29 is 14.0 Å². The van der Waals surface area contributed by atoms with Crippen LogP contribution in [0.4, 0.5) is 10.1 Å². The number of ketones is 1. The lowest BCUT2D eigenvalue weighted by Gasteiger charge is -2.05. The summed E-state index contributed by atoms with van der Waals surface area (Å²) in [5, 5.41) is 6.95. The molecule has 136 valence electrons. The highest BCUT2D eigenvalue weighted by Gasteiger charge is 2.09. The lowest BCUT2D eigenvalue weighted by Crippen LogP contribution is -2.07. The van der Waals surface area contributed by atoms with Crippen LogP contribution >= 0.6 is 0 Å². The van der Waals surface area contributed by atoms with E-state index in [1.165, 1.54) is 25.1 Å². The summed E-state index contributed by atoms with van der Waals surface area (Å²) in [6.07, 6.45) is 4.71. The first-order valence-electron chi connectivity index (χ1n) is 8.32. The molecule has 0 aliphatic carbocycles. The largest absolute Gasteiger partial charge is 0.323 e. The fourth-order valence-corrected chi connectivity index (χ4v) is 2.68. The smallest absolute Gasteiger partial charge is 0.248 e. The maximum Gasteiger partial charge on any atom is 0.248 e. The Morgan fingerprint density at radius 3 is 2.37 bits per heavy atom. The quantitative estimate of drug-likeness (QED) is 0.549. The van der Waals surface area contributed by atoms with E-state index < -0.39 is 0 Å². The van der Waals surface area contributed by atoms with Crippen molar-refractivity contribution in [1.82, 2.24) is 9.78 Å². The van der Waals surface area contributed by atoms with Crippen LogP contribution in [0.5, 0.6) is 0 Å². The van der Waals surface area contributed by atoms with E-state index in [4.69, 9.17) is 0 Å². The number of Topliss-reactive ketones (excluding diaryl/α,β-unsaturated/α-hetero) is 1. The first-order chi connectivity index (χ1) is 12.9. The first-order valence-corrected chi connectivity index (χ1v) is 8.32. The average Bonchev–Trinajstić information content (AvgIpc) is 3.02. The molecule has 2 aromatic carbocycles. The SMILES string of the molecule is CC(=O)c1ccc(NC(=O)C=Cc2cnn(C)c2-c2ccc(F)cc2)cc1. The molecular formula is C21H18FN3O2. The number of hydrogen-bond donors (Lipinski definition) is 1. The molecule has 0 aliphatic heterocycles. The summed E-state index contributed by atoms with van der Waals surface area (Å²) < 4.78 is 14.8. The van der Waals surface area contributed by atoms with Gasteiger partial charge in [0.2, 0.25) is 5.91 Å². The number of halogens is 1. The van der Waals surface area contributed by atoms with E-state index in [2.05, 4.69) is 10.4 Å². The summed E-state index contributed by atoms with van der Waals surface area (Å²) in [6.45, 7) is 1.49. The van der Waals surface area contributed by atoms with Crippen molar-refractivity contribution in [1.29, 1.82) is 0 Å². The van der Waals surface area contributed by atoms with E-state index in [0.717, 1.165) is 16.8 Å². The van der Waals surface area contributed by atoms with Gasteiger partial charge in [0.15, 0.2) is 5.78 Å². The number of nitrogens with zero attached hydrogens (tertiary/aromatic N) is 2. The second-order valence-electron chi connectivity index (χ2n) is 6.04. The van der Waals surface area contributed by atoms with Crippen LogP contribution < -0.4 is 5.32 Å². The topological polar surface area (TPSA) is 64.0 Å². The lowest BCUT2D eigenvalue weighted by atomic mass is 10.1. The van der Waals surface area contributed by atoms with Gasteiger partial charge in [-0.25, -0.2) is 4.39 Å². The number of carbonyl (C=O) groups is 2. The molecule has 0 radical (unpaired) electrons. The zero-order valence-electron chi connectivity index (χ0n) is 14.9. The Balaban J connectivity index is 1.75. The Hall–Kier alpha value is -3.54. The predicted molar refractivity (Wildman–Crippen MR) is 103 cm³/mol. The standard InChI is InChI=1S/C21H18FN3O2/c1-14(26)15-5-10-19(11-6-15)24-20(27)12-7-17-13-23-25(2)21(17)16-3-8-18(22)9-4-16/h3-13H,1-2H3,(H,24,27). The number of nitrogens with one attached hydrogen (secondary N) is 1. The zero-order chi connectivity index (χ0) is 19.4. The summed E-state index contributed by atoms with van der Waals surface area (Å²) in [4.78, 5) is 23.4. The minimum atomic E-state index is -0.312. The van der Waals surface area contributed by atoms with Crippen LogP contribution in [-0.2, 0) is 11.8 Å². The van der Waals surface area contributed by atoms with Crippen molar-refractivity contribution in [3.63, 3.8) is 0 Å². The van der Waals surface area contributed by atoms with Crippen molar-refractivity contribution >= 4 is 23.5 Å². The maximum absolute atomic E-state index is 13.2. The molecule has 0 spiro atoms. The van der Waals surface area contributed by atoms with Gasteiger partial charge >= 0.3 is 0 Å². The molecule has 3 aromatic rings. The van der Waals surface area contributed by atoms with Gasteiger partial charge < -0.3 is 5.32 Å². The first kappa shape index (κ1) is 18.3. The van der Waals surface area contributed by atoms with Crippen LogP contribution in [0.25, 0.3) is 17.3 Å². The van der Waals surface area contributed by atoms with Crippen molar-refractivity contribution in [3.8, 4) is 11.3 Å².